The van der Waals surface area contributed by atoms with Crippen molar-refractivity contribution in [3.05, 3.63) is 40.5 Å². The number of ether oxygens (including phenoxy) is 1. The molecule has 0 aromatic carbocycles. The lowest BCUT2D eigenvalue weighted by atomic mass is 10.1. The fourth-order valence-electron chi connectivity index (χ4n) is 2.19. The van der Waals surface area contributed by atoms with Crippen LogP contribution >= 0.6 is 11.3 Å². The molecule has 0 fully saturated rings. The molecule has 2 aromatic rings. The highest BCUT2D eigenvalue weighted by Crippen LogP contribution is 2.31. The Labute approximate surface area is 150 Å². The third-order valence-corrected chi connectivity index (χ3v) is 5.04. The number of hydrogen-bond donors (Lipinski definition) is 1. The minimum absolute atomic E-state index is 0.0852. The topological polar surface area (TPSA) is 80.6 Å². The first kappa shape index (κ1) is 18.7. The first-order valence-corrected chi connectivity index (χ1v) is 8.51. The average Bonchev–Trinajstić information content (AvgIpc) is 3.21. The molecule has 0 bridgehead atoms. The van der Waals surface area contributed by atoms with Gasteiger partial charge in [0.1, 0.15) is 5.00 Å². The molecule has 0 aliphatic carbocycles. The maximum atomic E-state index is 12.5. The summed E-state index contributed by atoms with van der Waals surface area (Å²) in [5.41, 5.74) is 1.30. The Morgan fingerprint density at radius 2 is 1.88 bits per heavy atom. The monoisotopic (exact) mass is 363 g/mol. The number of thiophene rings is 1. The Hall–Kier alpha value is -2.61. The number of carbonyl (C=O) groups is 3. The molecule has 2 amide bonds. The minimum Gasteiger partial charge on any atom is -0.452 e. The molecule has 8 heteroatoms. The van der Waals surface area contributed by atoms with Crippen molar-refractivity contribution < 1.29 is 19.1 Å². The van der Waals surface area contributed by atoms with Gasteiger partial charge in [-0.2, -0.15) is 0 Å². The van der Waals surface area contributed by atoms with Crippen LogP contribution in [0.4, 0.5) is 0 Å². The second-order valence-electron chi connectivity index (χ2n) is 5.55. The van der Waals surface area contributed by atoms with Crippen LogP contribution in [0.5, 0.6) is 0 Å². The van der Waals surface area contributed by atoms with Gasteiger partial charge in [-0.15, -0.1) is 11.3 Å². The fourth-order valence-corrected chi connectivity index (χ4v) is 3.30. The highest BCUT2D eigenvalue weighted by molar-refractivity contribution is 7.15. The van der Waals surface area contributed by atoms with Crippen molar-refractivity contribution in [1.82, 2.24) is 14.8 Å². The SMILES string of the molecule is CNC(=O)CN(C)C(=O)COC(=O)c1c(-n2cccc2)sc(C)c1C. The van der Waals surface area contributed by atoms with Gasteiger partial charge in [-0.3, -0.25) is 9.59 Å². The van der Waals surface area contributed by atoms with E-state index in [-0.39, 0.29) is 12.5 Å². The predicted molar refractivity (Wildman–Crippen MR) is 95.1 cm³/mol. The summed E-state index contributed by atoms with van der Waals surface area (Å²) in [6.45, 7) is 3.30. The lowest BCUT2D eigenvalue weighted by Gasteiger charge is -2.16. The van der Waals surface area contributed by atoms with Gasteiger partial charge in [0.25, 0.3) is 5.91 Å². The lowest BCUT2D eigenvalue weighted by Crippen LogP contribution is -2.39. The molecule has 0 saturated heterocycles. The highest BCUT2D eigenvalue weighted by Gasteiger charge is 2.23. The summed E-state index contributed by atoms with van der Waals surface area (Å²) < 4.78 is 7.04. The Morgan fingerprint density at radius 3 is 2.48 bits per heavy atom. The molecule has 1 N–H and O–H groups in total. The lowest BCUT2D eigenvalue weighted by molar-refractivity contribution is -0.137. The summed E-state index contributed by atoms with van der Waals surface area (Å²) in [5.74, 6) is -1.28. The Morgan fingerprint density at radius 1 is 1.24 bits per heavy atom. The van der Waals surface area contributed by atoms with Crippen LogP contribution in [-0.4, -0.2) is 54.5 Å². The van der Waals surface area contributed by atoms with Gasteiger partial charge in [-0.1, -0.05) is 0 Å². The molecule has 0 saturated carbocycles. The summed E-state index contributed by atoms with van der Waals surface area (Å²) in [7, 11) is 2.97. The highest BCUT2D eigenvalue weighted by atomic mass is 32.1. The third-order valence-electron chi connectivity index (χ3n) is 3.82. The van der Waals surface area contributed by atoms with Gasteiger partial charge in [0.15, 0.2) is 6.61 Å². The second kappa shape index (κ2) is 7.98. The molecule has 7 nitrogen and oxygen atoms in total. The van der Waals surface area contributed by atoms with E-state index in [9.17, 15) is 14.4 Å². The van der Waals surface area contributed by atoms with Crippen molar-refractivity contribution in [2.75, 3.05) is 27.2 Å². The van der Waals surface area contributed by atoms with Crippen molar-refractivity contribution in [3.63, 3.8) is 0 Å². The fraction of sp³-hybridized carbons (Fsp3) is 0.353. The summed E-state index contributed by atoms with van der Waals surface area (Å²) in [6, 6.07) is 3.74. The molecule has 2 heterocycles. The maximum absolute atomic E-state index is 12.5. The number of nitrogens with one attached hydrogen (secondary N) is 1. The van der Waals surface area contributed by atoms with Crippen molar-refractivity contribution in [2.24, 2.45) is 0 Å². The molecule has 25 heavy (non-hydrogen) atoms. The number of rotatable bonds is 6. The van der Waals surface area contributed by atoms with Crippen LogP contribution in [-0.2, 0) is 14.3 Å². The van der Waals surface area contributed by atoms with Gasteiger partial charge in [0.2, 0.25) is 5.91 Å². The van der Waals surface area contributed by atoms with E-state index in [1.807, 2.05) is 42.9 Å². The molecular formula is C17H21N3O4S. The minimum atomic E-state index is -0.549. The van der Waals surface area contributed by atoms with E-state index in [1.54, 1.807) is 0 Å². The van der Waals surface area contributed by atoms with E-state index in [1.165, 1.54) is 30.3 Å². The molecule has 0 unspecified atom stereocenters. The number of aromatic nitrogens is 1. The Balaban J connectivity index is 2.09. The van der Waals surface area contributed by atoms with Gasteiger partial charge < -0.3 is 19.5 Å². The van der Waals surface area contributed by atoms with E-state index in [2.05, 4.69) is 5.32 Å². The molecular weight excluding hydrogens is 342 g/mol. The van der Waals surface area contributed by atoms with Crippen molar-refractivity contribution >= 4 is 29.1 Å². The molecule has 0 aliphatic rings. The number of hydrogen-bond acceptors (Lipinski definition) is 5. The van der Waals surface area contributed by atoms with Crippen LogP contribution in [0.3, 0.4) is 0 Å². The maximum Gasteiger partial charge on any atom is 0.341 e. The van der Waals surface area contributed by atoms with Crippen LogP contribution < -0.4 is 5.32 Å². The van der Waals surface area contributed by atoms with Gasteiger partial charge in [0.05, 0.1) is 12.1 Å². The first-order valence-electron chi connectivity index (χ1n) is 7.70. The zero-order valence-corrected chi connectivity index (χ0v) is 15.5. The van der Waals surface area contributed by atoms with E-state index in [0.29, 0.717) is 5.56 Å². The number of amides is 2. The first-order chi connectivity index (χ1) is 11.8. The van der Waals surface area contributed by atoms with Gasteiger partial charge in [0, 0.05) is 31.4 Å². The van der Waals surface area contributed by atoms with Crippen molar-refractivity contribution in [3.8, 4) is 5.00 Å². The summed E-state index contributed by atoms with van der Waals surface area (Å²) in [6.07, 6.45) is 3.70. The molecule has 2 aromatic heterocycles. The van der Waals surface area contributed by atoms with Gasteiger partial charge in [-0.25, -0.2) is 4.79 Å². The Kier molecular flexibility index (Phi) is 5.97. The largest absolute Gasteiger partial charge is 0.452 e. The van der Waals surface area contributed by atoms with Crippen molar-refractivity contribution in [2.45, 2.75) is 13.8 Å². The standard InChI is InChI=1S/C17H21N3O4S/c1-11-12(2)25-16(20-7-5-6-8-20)15(11)17(23)24-10-14(22)19(4)9-13(21)18-3/h5-8H,9-10H2,1-4H3,(H,18,21). The van der Waals surface area contributed by atoms with Crippen LogP contribution in [0.25, 0.3) is 5.00 Å². The molecule has 134 valence electrons. The average molecular weight is 363 g/mol. The number of esters is 1. The van der Waals surface area contributed by atoms with E-state index in [0.717, 1.165) is 15.4 Å². The molecule has 0 radical (unpaired) electrons. The van der Waals surface area contributed by atoms with Gasteiger partial charge >= 0.3 is 5.97 Å². The quantitative estimate of drug-likeness (QED) is 0.789. The van der Waals surface area contributed by atoms with E-state index in [4.69, 9.17) is 4.74 Å². The summed E-state index contributed by atoms with van der Waals surface area (Å²) >= 11 is 1.49. The molecule has 2 rings (SSSR count). The zero-order chi connectivity index (χ0) is 18.6. The van der Waals surface area contributed by atoms with Crippen LogP contribution in [0.2, 0.25) is 0 Å². The second-order valence-corrected chi connectivity index (χ2v) is 6.76. The summed E-state index contributed by atoms with van der Waals surface area (Å²) in [4.78, 5) is 38.0. The van der Waals surface area contributed by atoms with E-state index >= 15 is 0 Å². The van der Waals surface area contributed by atoms with Crippen LogP contribution in [0, 0.1) is 13.8 Å². The number of aryl methyl sites for hydroxylation is 1. The Bertz CT molecular complexity index is 780. The van der Waals surface area contributed by atoms with Gasteiger partial charge in [-0.05, 0) is 31.5 Å². The molecule has 0 aliphatic heterocycles. The molecule has 0 spiro atoms. The number of carbonyl (C=O) groups excluding carboxylic acids is 3. The van der Waals surface area contributed by atoms with Crippen LogP contribution in [0.1, 0.15) is 20.8 Å². The molecule has 0 atom stereocenters. The van der Waals surface area contributed by atoms with Crippen LogP contribution in [0.15, 0.2) is 24.5 Å². The predicted octanol–water partition coefficient (Wildman–Crippen LogP) is 1.52. The van der Waals surface area contributed by atoms with Crippen molar-refractivity contribution in [1.29, 1.82) is 0 Å². The van der Waals surface area contributed by atoms with E-state index < -0.39 is 18.5 Å². The smallest absolute Gasteiger partial charge is 0.341 e. The normalized spacial score (nSPS) is 10.4. The third kappa shape index (κ3) is 4.27. The zero-order valence-electron chi connectivity index (χ0n) is 14.7. The number of nitrogens with zero attached hydrogens (tertiary/aromatic N) is 2. The summed E-state index contributed by atoms with van der Waals surface area (Å²) in [5, 5.41) is 3.19. The number of likely N-dealkylation sites (N-methyl/N-ethyl adjacent to an activating group) is 2.